The Morgan fingerprint density at radius 3 is 2.67 bits per heavy atom. The molecular formula is C47H60N6O7. The molecule has 3 amide bonds. The Bertz CT molecular complexity index is 2250. The van der Waals surface area contributed by atoms with Gasteiger partial charge in [-0.1, -0.05) is 46.4 Å². The molecule has 2 aliphatic heterocycles. The van der Waals surface area contributed by atoms with Gasteiger partial charge in [0.2, 0.25) is 11.8 Å². The number of benzene rings is 2. The van der Waals surface area contributed by atoms with Gasteiger partial charge in [-0.05, 0) is 103 Å². The van der Waals surface area contributed by atoms with Crippen molar-refractivity contribution >= 4 is 34.6 Å². The van der Waals surface area contributed by atoms with Gasteiger partial charge in [-0.15, -0.1) is 0 Å². The number of fused-ring (bicyclic) bond motifs is 6. The predicted octanol–water partition coefficient (Wildman–Crippen LogP) is 6.20. The molecule has 13 nitrogen and oxygen atoms in total. The normalized spacial score (nSPS) is 18.8. The number of aryl methyl sites for hydroxylation is 1. The summed E-state index contributed by atoms with van der Waals surface area (Å²) >= 11 is 0. The van der Waals surface area contributed by atoms with E-state index in [1.807, 2.05) is 32.0 Å². The summed E-state index contributed by atoms with van der Waals surface area (Å²) in [6.07, 6.45) is 5.05. The standard InChI is InChI=1S/C47H60N6O7/c1-9-42(55)51(7)20-17-34(29(3)4)44(56)49-39-23-30-21-32(24-33(54)22-30)31-15-16-41-36(25-31)37(43(52(41)10-2)35-13-11-18-48-40(35)27-59-8)26-47(5,6)28-60-46(58)38-14-12-19-53(50-38)45(39)57/h9,11,13,15-16,18,21-22,24-25,29,34,38-39,50,54H,1,10,12,14,17,19-20,23,26-28H2,2-8H3,(H,49,56)/t34?,38-,39-/m0/s1. The minimum atomic E-state index is -1.04. The van der Waals surface area contributed by atoms with Gasteiger partial charge in [0.15, 0.2) is 0 Å². The van der Waals surface area contributed by atoms with E-state index in [0.29, 0.717) is 57.5 Å². The van der Waals surface area contributed by atoms with E-state index < -0.39 is 35.3 Å². The number of nitrogens with zero attached hydrogens (tertiary/aromatic N) is 4. The monoisotopic (exact) mass is 820 g/mol. The quantitative estimate of drug-likeness (QED) is 0.119. The molecule has 1 saturated heterocycles. The van der Waals surface area contributed by atoms with E-state index in [9.17, 15) is 24.3 Å². The minimum Gasteiger partial charge on any atom is -0.508 e. The Morgan fingerprint density at radius 2 is 1.95 bits per heavy atom. The van der Waals surface area contributed by atoms with Crippen molar-refractivity contribution in [2.45, 2.75) is 92.0 Å². The lowest BCUT2D eigenvalue weighted by atomic mass is 9.84. The van der Waals surface area contributed by atoms with Crippen molar-refractivity contribution in [1.29, 1.82) is 0 Å². The summed E-state index contributed by atoms with van der Waals surface area (Å²) in [5.74, 6) is -2.00. The van der Waals surface area contributed by atoms with Crippen LogP contribution in [0.3, 0.4) is 0 Å². The Morgan fingerprint density at radius 1 is 1.17 bits per heavy atom. The molecule has 0 aliphatic carbocycles. The zero-order valence-electron chi connectivity index (χ0n) is 36.0. The van der Waals surface area contributed by atoms with Crippen LogP contribution in [0.5, 0.6) is 5.75 Å². The van der Waals surface area contributed by atoms with Crippen LogP contribution in [0.25, 0.3) is 33.3 Å². The highest BCUT2D eigenvalue weighted by atomic mass is 16.5. The van der Waals surface area contributed by atoms with Crippen LogP contribution < -0.4 is 10.7 Å². The number of phenolic OH excluding ortho intramolecular Hbond substituents is 1. The van der Waals surface area contributed by atoms with Crippen LogP contribution in [0.15, 0.2) is 67.4 Å². The third-order valence-corrected chi connectivity index (χ3v) is 11.7. The number of rotatable bonds is 11. The third-order valence-electron chi connectivity index (χ3n) is 11.7. The van der Waals surface area contributed by atoms with Gasteiger partial charge in [-0.25, -0.2) is 5.43 Å². The molecule has 0 radical (unpaired) electrons. The van der Waals surface area contributed by atoms with E-state index in [-0.39, 0.29) is 36.5 Å². The first-order valence-corrected chi connectivity index (χ1v) is 21.0. The van der Waals surface area contributed by atoms with Crippen molar-refractivity contribution in [3.8, 4) is 28.1 Å². The molecule has 320 valence electrons. The number of ether oxygens (including phenoxy) is 2. The van der Waals surface area contributed by atoms with Gasteiger partial charge in [0.25, 0.3) is 5.91 Å². The Kier molecular flexibility index (Phi) is 13.8. The molecule has 3 N–H and O–H groups in total. The highest BCUT2D eigenvalue weighted by Crippen LogP contribution is 2.41. The van der Waals surface area contributed by atoms with Crippen molar-refractivity contribution in [3.05, 3.63) is 84.2 Å². The van der Waals surface area contributed by atoms with Crippen molar-refractivity contribution in [1.82, 2.24) is 30.2 Å². The number of pyridine rings is 1. The smallest absolute Gasteiger partial charge is 0.324 e. The fourth-order valence-electron chi connectivity index (χ4n) is 8.56. The van der Waals surface area contributed by atoms with Crippen LogP contribution in [-0.4, -0.2) is 94.2 Å². The van der Waals surface area contributed by atoms with E-state index >= 15 is 0 Å². The molecular weight excluding hydrogens is 761 g/mol. The second kappa shape index (κ2) is 18.8. The number of carbonyl (C=O) groups is 4. The number of aromatic hydroxyl groups is 1. The summed E-state index contributed by atoms with van der Waals surface area (Å²) in [5, 5.41) is 16.7. The molecule has 1 fully saturated rings. The number of hydrogen-bond donors (Lipinski definition) is 3. The number of esters is 1. The van der Waals surface area contributed by atoms with E-state index in [4.69, 9.17) is 14.5 Å². The Hall–Kier alpha value is -5.53. The zero-order valence-corrected chi connectivity index (χ0v) is 36.0. The summed E-state index contributed by atoms with van der Waals surface area (Å²) in [5.41, 5.74) is 9.78. The molecule has 0 spiro atoms. The predicted molar refractivity (Wildman–Crippen MR) is 231 cm³/mol. The van der Waals surface area contributed by atoms with Gasteiger partial charge >= 0.3 is 5.97 Å². The molecule has 4 aromatic rings. The van der Waals surface area contributed by atoms with Crippen LogP contribution in [0.1, 0.15) is 70.7 Å². The first-order chi connectivity index (χ1) is 28.6. The van der Waals surface area contributed by atoms with Crippen LogP contribution in [0.4, 0.5) is 0 Å². The van der Waals surface area contributed by atoms with Gasteiger partial charge < -0.3 is 29.4 Å². The molecule has 6 rings (SSSR count). The first kappa shape index (κ1) is 44.0. The SMILES string of the molecule is C=CC(=O)N(C)CCC(C(=O)N[C@H]1Cc2cc(O)cc(c2)-c2ccc3c(c2)c(c(-c2cccnc2COC)n3CC)CC(C)(C)COC(=O)[C@@H]2CCCN(N2)C1=O)C(C)C. The van der Waals surface area contributed by atoms with Gasteiger partial charge in [0.05, 0.1) is 24.6 Å². The van der Waals surface area contributed by atoms with Gasteiger partial charge in [-0.2, -0.15) is 0 Å². The molecule has 0 saturated carbocycles. The minimum absolute atomic E-state index is 0.0242. The van der Waals surface area contributed by atoms with Crippen molar-refractivity contribution in [3.63, 3.8) is 0 Å². The number of carbonyl (C=O) groups excluding carboxylic acids is 4. The maximum absolute atomic E-state index is 14.5. The molecule has 2 aliphatic rings. The van der Waals surface area contributed by atoms with Crippen molar-refractivity contribution < 1.29 is 33.8 Å². The van der Waals surface area contributed by atoms with Crippen molar-refractivity contribution in [2.24, 2.45) is 17.3 Å². The van der Waals surface area contributed by atoms with Gasteiger partial charge in [-0.3, -0.25) is 29.2 Å². The van der Waals surface area contributed by atoms with Crippen LogP contribution in [0.2, 0.25) is 0 Å². The van der Waals surface area contributed by atoms with Gasteiger partial charge in [0, 0.05) is 74.2 Å². The van der Waals surface area contributed by atoms with E-state index in [0.717, 1.165) is 44.5 Å². The lowest BCUT2D eigenvalue weighted by Gasteiger charge is -2.36. The second-order valence-electron chi connectivity index (χ2n) is 17.3. The van der Waals surface area contributed by atoms with Crippen molar-refractivity contribution in [2.75, 3.05) is 33.9 Å². The molecule has 60 heavy (non-hydrogen) atoms. The summed E-state index contributed by atoms with van der Waals surface area (Å²) in [6.45, 7) is 15.5. The number of hydrazine groups is 1. The van der Waals surface area contributed by atoms with Gasteiger partial charge in [0.1, 0.15) is 17.8 Å². The van der Waals surface area contributed by atoms with E-state index in [1.165, 1.54) is 16.0 Å². The first-order valence-electron chi connectivity index (χ1n) is 21.0. The fourth-order valence-corrected chi connectivity index (χ4v) is 8.56. The number of hydrogen-bond acceptors (Lipinski definition) is 9. The van der Waals surface area contributed by atoms with Crippen LogP contribution in [0, 0.1) is 17.3 Å². The molecule has 13 heteroatoms. The zero-order chi connectivity index (χ0) is 43.3. The Balaban J connectivity index is 1.47. The number of aromatic nitrogens is 2. The molecule has 3 atom stereocenters. The lowest BCUT2D eigenvalue weighted by molar-refractivity contribution is -0.155. The topological polar surface area (TPSA) is 155 Å². The molecule has 6 bridgehead atoms. The lowest BCUT2D eigenvalue weighted by Crippen LogP contribution is -2.61. The summed E-state index contributed by atoms with van der Waals surface area (Å²) < 4.78 is 14.0. The average molecular weight is 821 g/mol. The largest absolute Gasteiger partial charge is 0.508 e. The third kappa shape index (κ3) is 9.74. The molecule has 4 heterocycles. The highest BCUT2D eigenvalue weighted by Gasteiger charge is 2.36. The van der Waals surface area contributed by atoms with Crippen LogP contribution >= 0.6 is 0 Å². The molecule has 2 aromatic carbocycles. The fraction of sp³-hybridized carbons (Fsp3) is 0.468. The molecule has 1 unspecified atom stereocenters. The maximum Gasteiger partial charge on any atom is 0.324 e. The second-order valence-corrected chi connectivity index (χ2v) is 17.3. The number of likely N-dealkylation sites (N-methyl/N-ethyl adjacent to an activating group) is 1. The average Bonchev–Trinajstić information content (AvgIpc) is 3.52. The summed E-state index contributed by atoms with van der Waals surface area (Å²) in [7, 11) is 3.32. The number of phenols is 1. The summed E-state index contributed by atoms with van der Waals surface area (Å²) in [4.78, 5) is 60.8. The number of cyclic esters (lactones) is 1. The number of amides is 3. The maximum atomic E-state index is 14.5. The van der Waals surface area contributed by atoms with E-state index in [1.54, 1.807) is 32.5 Å². The summed E-state index contributed by atoms with van der Waals surface area (Å²) in [6, 6.07) is 13.7. The molecule has 2 aromatic heterocycles. The van der Waals surface area contributed by atoms with E-state index in [2.05, 4.69) is 60.9 Å². The number of methoxy groups -OCH3 is 1. The Labute approximate surface area is 353 Å². The number of nitrogens with one attached hydrogen (secondary N) is 2. The van der Waals surface area contributed by atoms with Crippen LogP contribution in [-0.2, 0) is 54.6 Å². The highest BCUT2D eigenvalue weighted by molar-refractivity contribution is 5.95.